The molecule has 0 aromatic carbocycles. The van der Waals surface area contributed by atoms with E-state index < -0.39 is 17.6 Å². The largest absolute Gasteiger partial charge is 0.399 e. The standard InChI is InChI=1S/C27H32BrClF3NO2/c1-6-9-21(25(35)33-26(12-13-26)19(5)34)23(28)11-8-7-10-22(27(30,31)32)20-14-16(2)17(3)18(4)24(29)15-20/h7,9-11,14-15,18,22H,6,8,12-13H2,1-5H3,(H,33,35)/b10-7+,21-9+,23-11+. The van der Waals surface area contributed by atoms with E-state index in [4.69, 9.17) is 11.6 Å². The molecule has 0 saturated heterocycles. The van der Waals surface area contributed by atoms with Gasteiger partial charge in [0, 0.05) is 21.0 Å². The molecule has 0 spiro atoms. The predicted molar refractivity (Wildman–Crippen MR) is 139 cm³/mol. The molecule has 2 unspecified atom stereocenters. The first-order valence-corrected chi connectivity index (χ1v) is 12.8. The quantitative estimate of drug-likeness (QED) is 0.172. The van der Waals surface area contributed by atoms with E-state index >= 15 is 0 Å². The minimum Gasteiger partial charge on any atom is -0.340 e. The van der Waals surface area contributed by atoms with Gasteiger partial charge >= 0.3 is 6.18 Å². The highest BCUT2D eigenvalue weighted by atomic mass is 79.9. The van der Waals surface area contributed by atoms with Crippen molar-refractivity contribution in [2.24, 2.45) is 11.8 Å². The SMILES string of the molecule is CC/C=C(C(=O)NC1(C(C)=O)CC1)\C(Br)=C/C/C=C/C(C1=CC(C)=C(C)C(C)C(Cl)=C1)C(F)(F)F. The zero-order valence-electron chi connectivity index (χ0n) is 20.7. The van der Waals surface area contributed by atoms with Crippen LogP contribution in [0.1, 0.15) is 60.3 Å². The zero-order valence-corrected chi connectivity index (χ0v) is 23.0. The number of halogens is 5. The Labute approximate surface area is 219 Å². The number of nitrogens with one attached hydrogen (secondary N) is 1. The van der Waals surface area contributed by atoms with Crippen molar-refractivity contribution < 1.29 is 22.8 Å². The van der Waals surface area contributed by atoms with Gasteiger partial charge in [-0.3, -0.25) is 9.59 Å². The number of carbonyl (C=O) groups excluding carboxylic acids is 2. The molecule has 0 aromatic heterocycles. The van der Waals surface area contributed by atoms with Crippen LogP contribution >= 0.6 is 27.5 Å². The maximum atomic E-state index is 13.9. The Morgan fingerprint density at radius 3 is 2.40 bits per heavy atom. The molecule has 1 saturated carbocycles. The van der Waals surface area contributed by atoms with Gasteiger partial charge in [0.2, 0.25) is 0 Å². The Morgan fingerprint density at radius 2 is 1.89 bits per heavy atom. The number of Topliss-reactive ketones (excluding diaryl/α,β-unsaturated/α-hetero) is 1. The van der Waals surface area contributed by atoms with E-state index in [1.165, 1.54) is 19.1 Å². The Balaban J connectivity index is 2.22. The molecule has 0 aliphatic heterocycles. The summed E-state index contributed by atoms with van der Waals surface area (Å²) in [7, 11) is 0. The number of rotatable bonds is 9. The second-order valence-electron chi connectivity index (χ2n) is 9.11. The number of allylic oxidation sites excluding steroid dienone is 10. The van der Waals surface area contributed by atoms with Crippen molar-refractivity contribution in [2.45, 2.75) is 72.0 Å². The Morgan fingerprint density at radius 1 is 1.26 bits per heavy atom. The van der Waals surface area contributed by atoms with Crippen LogP contribution in [0.2, 0.25) is 0 Å². The number of alkyl halides is 3. The van der Waals surface area contributed by atoms with Crippen molar-refractivity contribution in [1.82, 2.24) is 5.32 Å². The lowest BCUT2D eigenvalue weighted by Crippen LogP contribution is -2.42. The van der Waals surface area contributed by atoms with E-state index in [9.17, 15) is 22.8 Å². The smallest absolute Gasteiger partial charge is 0.340 e. The first-order chi connectivity index (χ1) is 16.2. The molecular formula is C27H32BrClF3NO2. The number of carbonyl (C=O) groups is 2. The third-order valence-electron chi connectivity index (χ3n) is 6.53. The van der Waals surface area contributed by atoms with Crippen LogP contribution in [0.25, 0.3) is 0 Å². The van der Waals surface area contributed by atoms with Gasteiger partial charge in [0.15, 0.2) is 5.78 Å². The van der Waals surface area contributed by atoms with Crippen LogP contribution in [-0.2, 0) is 9.59 Å². The molecule has 1 fully saturated rings. The molecule has 1 amide bonds. The molecule has 0 radical (unpaired) electrons. The van der Waals surface area contributed by atoms with Gasteiger partial charge in [0.25, 0.3) is 5.91 Å². The molecule has 0 heterocycles. The van der Waals surface area contributed by atoms with E-state index in [0.717, 1.165) is 17.2 Å². The van der Waals surface area contributed by atoms with E-state index in [2.05, 4.69) is 21.2 Å². The summed E-state index contributed by atoms with van der Waals surface area (Å²) in [6, 6.07) is 0. The van der Waals surface area contributed by atoms with Crippen LogP contribution in [0.4, 0.5) is 13.2 Å². The number of hydrogen-bond acceptors (Lipinski definition) is 2. The lowest BCUT2D eigenvalue weighted by molar-refractivity contribution is -0.150. The van der Waals surface area contributed by atoms with E-state index in [1.54, 1.807) is 25.2 Å². The number of hydrogen-bond donors (Lipinski definition) is 1. The van der Waals surface area contributed by atoms with E-state index in [1.807, 2.05) is 20.8 Å². The lowest BCUT2D eigenvalue weighted by atomic mass is 9.95. The molecule has 2 aliphatic rings. The summed E-state index contributed by atoms with van der Waals surface area (Å²) in [6.07, 6.45) is 6.36. The van der Waals surface area contributed by atoms with Crippen molar-refractivity contribution in [2.75, 3.05) is 0 Å². The van der Waals surface area contributed by atoms with Crippen LogP contribution in [-0.4, -0.2) is 23.4 Å². The lowest BCUT2D eigenvalue weighted by Gasteiger charge is -2.18. The summed E-state index contributed by atoms with van der Waals surface area (Å²) in [5, 5.41) is 3.17. The first-order valence-electron chi connectivity index (χ1n) is 11.6. The van der Waals surface area contributed by atoms with Gasteiger partial charge in [0.05, 0.1) is 11.5 Å². The van der Waals surface area contributed by atoms with Crippen molar-refractivity contribution in [3.63, 3.8) is 0 Å². The normalized spacial score (nSPS) is 21.9. The molecule has 8 heteroatoms. The molecule has 1 N–H and O–H groups in total. The maximum Gasteiger partial charge on any atom is 0.399 e. The Hall–Kier alpha value is -1.86. The second kappa shape index (κ2) is 11.9. The average molecular weight is 575 g/mol. The van der Waals surface area contributed by atoms with Gasteiger partial charge < -0.3 is 5.32 Å². The van der Waals surface area contributed by atoms with Gasteiger partial charge in [-0.2, -0.15) is 13.2 Å². The predicted octanol–water partition coefficient (Wildman–Crippen LogP) is 8.00. The summed E-state index contributed by atoms with van der Waals surface area (Å²) in [5.41, 5.74) is 1.36. The van der Waals surface area contributed by atoms with Crippen molar-refractivity contribution in [3.8, 4) is 0 Å². The van der Waals surface area contributed by atoms with Crippen LogP contribution in [0, 0.1) is 11.8 Å². The van der Waals surface area contributed by atoms with Crippen LogP contribution < -0.4 is 5.32 Å². The van der Waals surface area contributed by atoms with Crippen LogP contribution in [0.3, 0.4) is 0 Å². The molecule has 2 atom stereocenters. The molecule has 0 aromatic rings. The molecule has 192 valence electrons. The fourth-order valence-electron chi connectivity index (χ4n) is 3.80. The highest BCUT2D eigenvalue weighted by molar-refractivity contribution is 9.12. The van der Waals surface area contributed by atoms with Crippen LogP contribution in [0.5, 0.6) is 0 Å². The van der Waals surface area contributed by atoms with Gasteiger partial charge in [-0.05, 0) is 58.1 Å². The van der Waals surface area contributed by atoms with Crippen molar-refractivity contribution in [3.05, 3.63) is 68.3 Å². The molecule has 3 nitrogen and oxygen atoms in total. The molecule has 0 bridgehead atoms. The highest BCUT2D eigenvalue weighted by Gasteiger charge is 2.48. The van der Waals surface area contributed by atoms with Gasteiger partial charge in [-0.25, -0.2) is 0 Å². The third-order valence-corrected chi connectivity index (χ3v) is 7.72. The Bertz CT molecular complexity index is 1040. The second-order valence-corrected chi connectivity index (χ2v) is 10.4. The minimum atomic E-state index is -4.49. The minimum absolute atomic E-state index is 0.0837. The summed E-state index contributed by atoms with van der Waals surface area (Å²) < 4.78 is 42.3. The fraction of sp³-hybridized carbons (Fsp3) is 0.481. The fourth-order valence-corrected chi connectivity index (χ4v) is 4.62. The highest BCUT2D eigenvalue weighted by Crippen LogP contribution is 2.39. The third kappa shape index (κ3) is 7.56. The molecule has 35 heavy (non-hydrogen) atoms. The van der Waals surface area contributed by atoms with Crippen LogP contribution in [0.15, 0.2) is 68.3 Å². The summed E-state index contributed by atoms with van der Waals surface area (Å²) >= 11 is 9.68. The summed E-state index contributed by atoms with van der Waals surface area (Å²) in [4.78, 5) is 24.6. The van der Waals surface area contributed by atoms with Gasteiger partial charge in [0.1, 0.15) is 0 Å². The van der Waals surface area contributed by atoms with Gasteiger partial charge in [-0.1, -0.05) is 82.9 Å². The maximum absolute atomic E-state index is 13.9. The average Bonchev–Trinajstić information content (AvgIpc) is 3.55. The topological polar surface area (TPSA) is 46.2 Å². The van der Waals surface area contributed by atoms with Gasteiger partial charge in [-0.15, -0.1) is 0 Å². The zero-order chi connectivity index (χ0) is 26.6. The number of ketones is 1. The first kappa shape index (κ1) is 29.4. The molecular weight excluding hydrogens is 543 g/mol. The Kier molecular flexibility index (Phi) is 10.0. The monoisotopic (exact) mass is 573 g/mol. The summed E-state index contributed by atoms with van der Waals surface area (Å²) in [5.74, 6) is -2.42. The summed E-state index contributed by atoms with van der Waals surface area (Å²) in [6.45, 7) is 8.85. The van der Waals surface area contributed by atoms with E-state index in [0.29, 0.717) is 34.4 Å². The van der Waals surface area contributed by atoms with E-state index in [-0.39, 0.29) is 29.6 Å². The molecule has 2 rings (SSSR count). The van der Waals surface area contributed by atoms with Crippen molar-refractivity contribution in [1.29, 1.82) is 0 Å². The van der Waals surface area contributed by atoms with Crippen molar-refractivity contribution >= 4 is 39.2 Å². The molecule has 2 aliphatic carbocycles. The number of amides is 1.